The standard InChI is InChI=1S/5C2H4O2.C2H4.Fe.H3N/c5*1-2(3)4;1-2;;/h5*1H3,(H,3,4);1-2H2;;1H3. The Morgan fingerprint density at radius 3 is 0.500 bits per heavy atom. The van der Waals surface area contributed by atoms with Crippen LogP contribution in [-0.4, -0.2) is 55.4 Å². The van der Waals surface area contributed by atoms with Crippen LogP contribution in [-0.2, 0) is 41.0 Å². The quantitative estimate of drug-likeness (QED) is 0.251. The number of carbonyl (C=O) groups is 5. The van der Waals surface area contributed by atoms with Crippen LogP contribution in [0.25, 0.3) is 0 Å². The molecule has 0 aromatic heterocycles. The van der Waals surface area contributed by atoms with Crippen LogP contribution in [0.4, 0.5) is 0 Å². The number of rotatable bonds is 0. The Hall–Kier alpha value is -2.43. The van der Waals surface area contributed by atoms with E-state index in [2.05, 4.69) is 13.2 Å². The molecule has 8 N–H and O–H groups in total. The molecule has 0 aliphatic heterocycles. The summed E-state index contributed by atoms with van der Waals surface area (Å²) >= 11 is 0. The second-order valence-corrected chi connectivity index (χ2v) is 2.60. The molecular weight excluding hydrogens is 374 g/mol. The summed E-state index contributed by atoms with van der Waals surface area (Å²) in [7, 11) is 0. The van der Waals surface area contributed by atoms with Gasteiger partial charge >= 0.3 is 0 Å². The molecule has 0 radical (unpaired) electrons. The fourth-order valence-corrected chi connectivity index (χ4v) is 0. The van der Waals surface area contributed by atoms with Gasteiger partial charge in [0.1, 0.15) is 0 Å². The van der Waals surface area contributed by atoms with Gasteiger partial charge in [-0.25, -0.2) is 0 Å². The largest absolute Gasteiger partial charge is 0.481 e. The molecule has 0 aromatic rings. The van der Waals surface area contributed by atoms with E-state index < -0.39 is 29.8 Å². The van der Waals surface area contributed by atoms with Crippen molar-refractivity contribution in [2.75, 3.05) is 0 Å². The third-order valence-corrected chi connectivity index (χ3v) is 0. The molecular formula is C12H27FeNO10. The number of hydrogen-bond donors (Lipinski definition) is 6. The summed E-state index contributed by atoms with van der Waals surface area (Å²) < 4.78 is 0. The minimum Gasteiger partial charge on any atom is -0.481 e. The molecule has 11 nitrogen and oxygen atoms in total. The molecule has 0 saturated heterocycles. The van der Waals surface area contributed by atoms with Crippen LogP contribution in [0.2, 0.25) is 0 Å². The van der Waals surface area contributed by atoms with Gasteiger partial charge in [0.15, 0.2) is 0 Å². The van der Waals surface area contributed by atoms with Gasteiger partial charge in [-0.05, 0) is 0 Å². The molecule has 0 fully saturated rings. The van der Waals surface area contributed by atoms with E-state index in [0.29, 0.717) is 0 Å². The molecule has 0 heterocycles. The Morgan fingerprint density at radius 2 is 0.500 bits per heavy atom. The van der Waals surface area contributed by atoms with Crippen molar-refractivity contribution in [2.45, 2.75) is 34.6 Å². The summed E-state index contributed by atoms with van der Waals surface area (Å²) in [5.41, 5.74) is 0. The zero-order chi connectivity index (χ0) is 19.9. The summed E-state index contributed by atoms with van der Waals surface area (Å²) in [5.74, 6) is -4.17. The first-order valence-corrected chi connectivity index (χ1v) is 5.14. The smallest absolute Gasteiger partial charge is 0.300 e. The molecule has 0 amide bonds. The van der Waals surface area contributed by atoms with Crippen LogP contribution in [0.5, 0.6) is 0 Å². The first-order valence-electron chi connectivity index (χ1n) is 5.14. The molecule has 24 heavy (non-hydrogen) atoms. The van der Waals surface area contributed by atoms with Crippen LogP contribution in [0.3, 0.4) is 0 Å². The number of hydrogen-bond acceptors (Lipinski definition) is 6. The predicted molar refractivity (Wildman–Crippen MR) is 82.8 cm³/mol. The van der Waals surface area contributed by atoms with Gasteiger partial charge < -0.3 is 31.7 Å². The van der Waals surface area contributed by atoms with Gasteiger partial charge in [-0.3, -0.25) is 24.0 Å². The predicted octanol–water partition coefficient (Wildman–Crippen LogP) is 1.42. The van der Waals surface area contributed by atoms with E-state index in [1.807, 2.05) is 0 Å². The van der Waals surface area contributed by atoms with Crippen LogP contribution in [0.1, 0.15) is 34.6 Å². The van der Waals surface area contributed by atoms with Crippen LogP contribution in [0, 0.1) is 0 Å². The topological polar surface area (TPSA) is 221 Å². The van der Waals surface area contributed by atoms with Gasteiger partial charge in [0.05, 0.1) is 0 Å². The zero-order valence-electron chi connectivity index (χ0n) is 14.3. The third kappa shape index (κ3) is 1140. The molecule has 0 rings (SSSR count). The summed E-state index contributed by atoms with van der Waals surface area (Å²) in [6, 6.07) is 0. The first-order chi connectivity index (χ1) is 9.66. The van der Waals surface area contributed by atoms with Crippen molar-refractivity contribution in [1.29, 1.82) is 0 Å². The van der Waals surface area contributed by atoms with Gasteiger partial charge in [0, 0.05) is 51.7 Å². The molecule has 0 bridgehead atoms. The minimum atomic E-state index is -0.833. The van der Waals surface area contributed by atoms with Gasteiger partial charge in [-0.15, -0.1) is 13.2 Å². The monoisotopic (exact) mass is 401 g/mol. The summed E-state index contributed by atoms with van der Waals surface area (Å²) in [6.45, 7) is 11.4. The molecule has 0 aliphatic rings. The molecule has 0 atom stereocenters. The number of aliphatic carboxylic acids is 5. The van der Waals surface area contributed by atoms with E-state index in [0.717, 1.165) is 34.6 Å². The van der Waals surface area contributed by atoms with Crippen LogP contribution in [0.15, 0.2) is 13.2 Å². The van der Waals surface area contributed by atoms with Gasteiger partial charge in [0.2, 0.25) is 0 Å². The Kier molecular flexibility index (Phi) is 103. The maximum atomic E-state index is 9.00. The molecule has 148 valence electrons. The maximum absolute atomic E-state index is 9.00. The van der Waals surface area contributed by atoms with Crippen molar-refractivity contribution in [3.63, 3.8) is 0 Å². The first kappa shape index (κ1) is 49.6. The second kappa shape index (κ2) is 49.9. The van der Waals surface area contributed by atoms with Crippen molar-refractivity contribution < 1.29 is 66.6 Å². The molecule has 0 saturated carbocycles. The maximum Gasteiger partial charge on any atom is 0.300 e. The van der Waals surface area contributed by atoms with Crippen molar-refractivity contribution in [2.24, 2.45) is 0 Å². The zero-order valence-corrected chi connectivity index (χ0v) is 15.4. The van der Waals surface area contributed by atoms with Crippen molar-refractivity contribution in [1.82, 2.24) is 6.15 Å². The number of carboxylic acids is 5. The molecule has 0 aromatic carbocycles. The average molecular weight is 401 g/mol. The van der Waals surface area contributed by atoms with Crippen molar-refractivity contribution >= 4 is 29.8 Å². The Balaban J connectivity index is -0.0000000212. The van der Waals surface area contributed by atoms with Crippen LogP contribution < -0.4 is 6.15 Å². The summed E-state index contributed by atoms with van der Waals surface area (Å²) in [4.78, 5) is 45.0. The fourth-order valence-electron chi connectivity index (χ4n) is 0. The fraction of sp³-hybridized carbons (Fsp3) is 0.417. The van der Waals surface area contributed by atoms with Gasteiger partial charge in [0.25, 0.3) is 29.8 Å². The Morgan fingerprint density at radius 1 is 0.500 bits per heavy atom. The van der Waals surface area contributed by atoms with Crippen molar-refractivity contribution in [3.8, 4) is 0 Å². The van der Waals surface area contributed by atoms with E-state index in [-0.39, 0.29) is 23.2 Å². The summed E-state index contributed by atoms with van der Waals surface area (Å²) in [6.07, 6.45) is 0. The van der Waals surface area contributed by atoms with Crippen LogP contribution >= 0.6 is 0 Å². The van der Waals surface area contributed by atoms with E-state index >= 15 is 0 Å². The third-order valence-electron chi connectivity index (χ3n) is 0. The Labute approximate surface area is 151 Å². The SMILES string of the molecule is C=C.CC(=O)O.CC(=O)O.CC(=O)O.CC(=O)O.CC(=O)O.N.[Fe]. The molecule has 0 spiro atoms. The van der Waals surface area contributed by atoms with E-state index in [1.165, 1.54) is 0 Å². The average Bonchev–Trinajstić information content (AvgIpc) is 2.14. The van der Waals surface area contributed by atoms with Gasteiger partial charge in [-0.2, -0.15) is 0 Å². The molecule has 0 unspecified atom stereocenters. The minimum absolute atomic E-state index is 0. The van der Waals surface area contributed by atoms with E-state index in [4.69, 9.17) is 49.5 Å². The van der Waals surface area contributed by atoms with E-state index in [1.54, 1.807) is 0 Å². The summed E-state index contributed by atoms with van der Waals surface area (Å²) in [5, 5.41) is 37.1. The molecule has 12 heteroatoms. The second-order valence-electron chi connectivity index (χ2n) is 2.60. The number of carboxylic acid groups (broad SMARTS) is 5. The van der Waals surface area contributed by atoms with E-state index in [9.17, 15) is 0 Å². The Bertz CT molecular complexity index is 231. The molecule has 0 aliphatic carbocycles. The van der Waals surface area contributed by atoms with Crippen molar-refractivity contribution in [3.05, 3.63) is 13.2 Å². The normalized spacial score (nSPS) is 5.38. The van der Waals surface area contributed by atoms with Gasteiger partial charge in [-0.1, -0.05) is 0 Å².